The van der Waals surface area contributed by atoms with Crippen molar-refractivity contribution < 1.29 is 13.2 Å². The highest BCUT2D eigenvalue weighted by Gasteiger charge is 2.31. The lowest BCUT2D eigenvalue weighted by atomic mass is 10.0. The van der Waals surface area contributed by atoms with Crippen molar-refractivity contribution >= 4 is 11.1 Å². The highest BCUT2D eigenvalue weighted by atomic mass is 19.3. The second-order valence-electron chi connectivity index (χ2n) is 3.97. The first-order valence-electron chi connectivity index (χ1n) is 5.30. The first-order chi connectivity index (χ1) is 8.45. The van der Waals surface area contributed by atoms with Gasteiger partial charge in [0.25, 0.3) is 5.92 Å². The third kappa shape index (κ3) is 1.99. The maximum Gasteiger partial charge on any atom is 0.419 e. The highest BCUT2D eigenvalue weighted by molar-refractivity contribution is 5.73. The van der Waals surface area contributed by atoms with Crippen molar-refractivity contribution in [1.29, 1.82) is 5.26 Å². The van der Waals surface area contributed by atoms with Crippen LogP contribution in [-0.2, 0) is 13.0 Å². The average molecular weight is 252 g/mol. The summed E-state index contributed by atoms with van der Waals surface area (Å²) in [5.41, 5.74) is 0.330. The van der Waals surface area contributed by atoms with E-state index in [1.54, 1.807) is 6.07 Å². The lowest BCUT2D eigenvalue weighted by molar-refractivity contribution is -0.0119. The normalized spacial score (nSPS) is 11.7. The molecule has 2 aromatic rings. The van der Waals surface area contributed by atoms with Crippen LogP contribution in [0.2, 0.25) is 0 Å². The number of aryl methyl sites for hydroxylation is 1. The smallest absolute Gasteiger partial charge is 0.408 e. The Morgan fingerprint density at radius 2 is 2.22 bits per heavy atom. The van der Waals surface area contributed by atoms with E-state index in [-0.39, 0.29) is 17.6 Å². The minimum absolute atomic E-state index is 0.122. The maximum atomic E-state index is 13.7. The Balaban J connectivity index is 2.47. The number of oxazole rings is 1. The summed E-state index contributed by atoms with van der Waals surface area (Å²) in [5, 5.41) is 8.34. The first-order valence-corrected chi connectivity index (χ1v) is 5.30. The summed E-state index contributed by atoms with van der Waals surface area (Å²) in [4.78, 5) is 11.2. The quantitative estimate of drug-likeness (QED) is 0.843. The molecule has 6 heteroatoms. The molecule has 0 unspecified atom stereocenters. The van der Waals surface area contributed by atoms with E-state index in [4.69, 9.17) is 9.68 Å². The van der Waals surface area contributed by atoms with Crippen LogP contribution in [0, 0.1) is 11.3 Å². The van der Waals surface area contributed by atoms with Crippen LogP contribution in [-0.4, -0.2) is 4.57 Å². The molecule has 2 rings (SSSR count). The lowest BCUT2D eigenvalue weighted by Gasteiger charge is -2.14. The molecule has 0 aliphatic carbocycles. The monoisotopic (exact) mass is 252 g/mol. The molecule has 1 aromatic carbocycles. The summed E-state index contributed by atoms with van der Waals surface area (Å²) in [6, 6.07) is 5.49. The van der Waals surface area contributed by atoms with Gasteiger partial charge in [0, 0.05) is 25.5 Å². The molecule has 0 atom stereocenters. The van der Waals surface area contributed by atoms with E-state index in [0.717, 1.165) is 6.07 Å². The SMILES string of the molecule is Cn1c(=O)oc2cc(C(F)(F)CCC#N)ccc21. The maximum absolute atomic E-state index is 13.7. The molecule has 1 aromatic heterocycles. The van der Waals surface area contributed by atoms with Crippen molar-refractivity contribution in [1.82, 2.24) is 4.57 Å². The van der Waals surface area contributed by atoms with Crippen LogP contribution in [0.1, 0.15) is 18.4 Å². The second-order valence-corrected chi connectivity index (χ2v) is 3.97. The predicted octanol–water partition coefficient (Wildman–Crippen LogP) is 2.53. The number of halogens is 2. The molecule has 0 aliphatic rings. The number of hydrogen-bond acceptors (Lipinski definition) is 3. The molecule has 0 fully saturated rings. The predicted molar refractivity (Wildman–Crippen MR) is 60.2 cm³/mol. The number of fused-ring (bicyclic) bond motifs is 1. The van der Waals surface area contributed by atoms with E-state index in [0.29, 0.717) is 5.52 Å². The molecular formula is C12H10F2N2O2. The van der Waals surface area contributed by atoms with Crippen LogP contribution < -0.4 is 5.76 Å². The second kappa shape index (κ2) is 4.26. The van der Waals surface area contributed by atoms with Crippen LogP contribution in [0.5, 0.6) is 0 Å². The number of nitrogens with zero attached hydrogens (tertiary/aromatic N) is 2. The molecule has 0 bridgehead atoms. The van der Waals surface area contributed by atoms with Crippen LogP contribution in [0.15, 0.2) is 27.4 Å². The van der Waals surface area contributed by atoms with Gasteiger partial charge < -0.3 is 4.42 Å². The van der Waals surface area contributed by atoms with E-state index in [9.17, 15) is 13.6 Å². The van der Waals surface area contributed by atoms with Gasteiger partial charge in [-0.15, -0.1) is 0 Å². The zero-order valence-electron chi connectivity index (χ0n) is 9.61. The van der Waals surface area contributed by atoms with Crippen molar-refractivity contribution in [2.24, 2.45) is 7.05 Å². The third-order valence-electron chi connectivity index (χ3n) is 2.77. The van der Waals surface area contributed by atoms with Gasteiger partial charge in [0.1, 0.15) is 0 Å². The van der Waals surface area contributed by atoms with Crippen LogP contribution in [0.3, 0.4) is 0 Å². The summed E-state index contributed by atoms with van der Waals surface area (Å²) in [5.74, 6) is -3.69. The van der Waals surface area contributed by atoms with Crippen molar-refractivity contribution in [2.75, 3.05) is 0 Å². The third-order valence-corrected chi connectivity index (χ3v) is 2.77. The van der Waals surface area contributed by atoms with E-state index < -0.39 is 18.1 Å². The Morgan fingerprint density at radius 1 is 1.50 bits per heavy atom. The molecular weight excluding hydrogens is 242 g/mol. The van der Waals surface area contributed by atoms with Crippen molar-refractivity contribution in [2.45, 2.75) is 18.8 Å². The van der Waals surface area contributed by atoms with E-state index in [1.807, 2.05) is 0 Å². The molecule has 94 valence electrons. The largest absolute Gasteiger partial charge is 0.419 e. The summed E-state index contributed by atoms with van der Waals surface area (Å²) >= 11 is 0. The van der Waals surface area contributed by atoms with Gasteiger partial charge in [-0.2, -0.15) is 5.26 Å². The van der Waals surface area contributed by atoms with E-state index >= 15 is 0 Å². The van der Waals surface area contributed by atoms with Gasteiger partial charge >= 0.3 is 5.76 Å². The number of alkyl halides is 2. The Labute approximate surface area is 101 Å². The van der Waals surface area contributed by atoms with Gasteiger partial charge in [0.15, 0.2) is 5.58 Å². The molecule has 0 spiro atoms. The fraction of sp³-hybridized carbons (Fsp3) is 0.333. The number of nitriles is 1. The van der Waals surface area contributed by atoms with Gasteiger partial charge in [-0.25, -0.2) is 13.6 Å². The summed E-state index contributed by atoms with van der Waals surface area (Å²) < 4.78 is 33.5. The zero-order chi connectivity index (χ0) is 13.3. The Morgan fingerprint density at radius 3 is 2.89 bits per heavy atom. The lowest BCUT2D eigenvalue weighted by Crippen LogP contribution is -2.12. The van der Waals surface area contributed by atoms with E-state index in [1.165, 1.54) is 23.7 Å². The summed E-state index contributed by atoms with van der Waals surface area (Å²) in [6.07, 6.45) is -0.782. The Kier molecular flexibility index (Phi) is 2.91. The molecule has 0 amide bonds. The molecule has 0 radical (unpaired) electrons. The molecule has 1 heterocycles. The number of aromatic nitrogens is 1. The molecule has 0 aliphatic heterocycles. The van der Waals surface area contributed by atoms with Gasteiger partial charge in [0.05, 0.1) is 11.6 Å². The highest BCUT2D eigenvalue weighted by Crippen LogP contribution is 2.34. The van der Waals surface area contributed by atoms with E-state index in [2.05, 4.69) is 0 Å². The standard InChI is InChI=1S/C12H10F2N2O2/c1-16-9-4-3-8(7-10(9)18-11(16)17)12(13,14)5-2-6-15/h3-4,7H,2,5H2,1H3. The Bertz CT molecular complexity index is 679. The minimum atomic E-state index is -3.10. The number of benzene rings is 1. The fourth-order valence-corrected chi connectivity index (χ4v) is 1.72. The van der Waals surface area contributed by atoms with Gasteiger partial charge in [-0.1, -0.05) is 6.07 Å². The zero-order valence-corrected chi connectivity index (χ0v) is 9.61. The van der Waals surface area contributed by atoms with Crippen molar-refractivity contribution in [3.63, 3.8) is 0 Å². The van der Waals surface area contributed by atoms with Gasteiger partial charge in [-0.3, -0.25) is 4.57 Å². The van der Waals surface area contributed by atoms with Crippen LogP contribution in [0.25, 0.3) is 11.1 Å². The summed E-state index contributed by atoms with van der Waals surface area (Å²) in [7, 11) is 1.50. The minimum Gasteiger partial charge on any atom is -0.408 e. The average Bonchev–Trinajstić information content (AvgIpc) is 2.62. The Hall–Kier alpha value is -2.16. The summed E-state index contributed by atoms with van der Waals surface area (Å²) in [6.45, 7) is 0. The van der Waals surface area contributed by atoms with Gasteiger partial charge in [0.2, 0.25) is 0 Å². The molecule has 0 saturated heterocycles. The molecule has 0 N–H and O–H groups in total. The molecule has 4 nitrogen and oxygen atoms in total. The number of hydrogen-bond donors (Lipinski definition) is 0. The van der Waals surface area contributed by atoms with Gasteiger partial charge in [-0.05, 0) is 12.1 Å². The van der Waals surface area contributed by atoms with Crippen molar-refractivity contribution in [3.8, 4) is 6.07 Å². The first kappa shape index (κ1) is 12.3. The van der Waals surface area contributed by atoms with Crippen LogP contribution >= 0.6 is 0 Å². The van der Waals surface area contributed by atoms with Crippen LogP contribution in [0.4, 0.5) is 8.78 Å². The molecule has 0 saturated carbocycles. The van der Waals surface area contributed by atoms with Crippen molar-refractivity contribution in [3.05, 3.63) is 34.3 Å². The topological polar surface area (TPSA) is 58.9 Å². The number of rotatable bonds is 3. The fourth-order valence-electron chi connectivity index (χ4n) is 1.72. The molecule has 18 heavy (non-hydrogen) atoms.